The monoisotopic (exact) mass is 364 g/mol. The Bertz CT molecular complexity index is 1150. The molecule has 0 aliphatic carbocycles. The Morgan fingerprint density at radius 2 is 1.96 bits per heavy atom. The van der Waals surface area contributed by atoms with Gasteiger partial charge in [0, 0.05) is 61.4 Å². The fourth-order valence-electron chi connectivity index (χ4n) is 4.72. The van der Waals surface area contributed by atoms with Gasteiger partial charge in [-0.05, 0) is 36.1 Å². The van der Waals surface area contributed by atoms with E-state index in [1.54, 1.807) is 24.3 Å². The minimum Gasteiger partial charge on any atom is -0.508 e. The first-order valence-electron chi connectivity index (χ1n) is 9.25. The predicted octanol–water partition coefficient (Wildman–Crippen LogP) is 2.28. The molecule has 0 saturated carbocycles. The standard InChI is InChI=1S/C21H20N2O4/c24-16-4-5-17-14(7-21(26)27-19(17)8-16)11-22-9-13-6-15(12-22)18-2-1-3-20(25)23(18)10-13/h1-5,7-8,13,15,24H,6,9-12H2/t13-,15+/m1/s1. The van der Waals surface area contributed by atoms with Crippen LogP contribution in [-0.2, 0) is 13.1 Å². The van der Waals surface area contributed by atoms with E-state index in [-0.39, 0.29) is 11.3 Å². The molecule has 0 amide bonds. The molecule has 6 heteroatoms. The number of benzene rings is 1. The molecule has 4 heterocycles. The number of aromatic nitrogens is 1. The second kappa shape index (κ2) is 6.09. The Labute approximate surface area is 155 Å². The second-order valence-corrected chi connectivity index (χ2v) is 7.66. The number of pyridine rings is 1. The summed E-state index contributed by atoms with van der Waals surface area (Å²) >= 11 is 0. The predicted molar refractivity (Wildman–Crippen MR) is 101 cm³/mol. The van der Waals surface area contributed by atoms with Crippen LogP contribution in [0.25, 0.3) is 11.0 Å². The van der Waals surface area contributed by atoms with Crippen molar-refractivity contribution in [1.29, 1.82) is 0 Å². The van der Waals surface area contributed by atoms with Crippen LogP contribution in [0.5, 0.6) is 5.75 Å². The molecule has 2 aromatic heterocycles. The summed E-state index contributed by atoms with van der Waals surface area (Å²) in [5.41, 5.74) is 2.11. The summed E-state index contributed by atoms with van der Waals surface area (Å²) in [4.78, 5) is 26.5. The Morgan fingerprint density at radius 3 is 2.85 bits per heavy atom. The van der Waals surface area contributed by atoms with Crippen molar-refractivity contribution in [3.05, 3.63) is 74.5 Å². The number of phenolic OH excluding ortho intramolecular Hbond substituents is 1. The van der Waals surface area contributed by atoms with E-state index in [1.165, 1.54) is 6.07 Å². The number of aromatic hydroxyl groups is 1. The third-order valence-corrected chi connectivity index (χ3v) is 5.76. The zero-order valence-corrected chi connectivity index (χ0v) is 14.8. The first-order chi connectivity index (χ1) is 13.1. The van der Waals surface area contributed by atoms with Crippen molar-refractivity contribution >= 4 is 11.0 Å². The average Bonchev–Trinajstić information content (AvgIpc) is 2.62. The van der Waals surface area contributed by atoms with E-state index in [1.807, 2.05) is 10.6 Å². The highest BCUT2D eigenvalue weighted by atomic mass is 16.4. The molecule has 2 atom stereocenters. The summed E-state index contributed by atoms with van der Waals surface area (Å²) in [5.74, 6) is 0.853. The Hall–Kier alpha value is -2.86. The van der Waals surface area contributed by atoms with Gasteiger partial charge in [0.2, 0.25) is 0 Å². The third-order valence-electron chi connectivity index (χ3n) is 5.76. The number of hydrogen-bond donors (Lipinski definition) is 1. The van der Waals surface area contributed by atoms with Crippen LogP contribution in [0.4, 0.5) is 0 Å². The van der Waals surface area contributed by atoms with Gasteiger partial charge >= 0.3 is 5.63 Å². The van der Waals surface area contributed by atoms with Gasteiger partial charge in [-0.25, -0.2) is 4.79 Å². The molecular formula is C21H20N2O4. The van der Waals surface area contributed by atoms with E-state index in [9.17, 15) is 14.7 Å². The second-order valence-electron chi connectivity index (χ2n) is 7.66. The normalized spacial score (nSPS) is 21.9. The number of nitrogens with zero attached hydrogens (tertiary/aromatic N) is 2. The van der Waals surface area contributed by atoms with E-state index in [0.29, 0.717) is 24.0 Å². The van der Waals surface area contributed by atoms with E-state index >= 15 is 0 Å². The highest BCUT2D eigenvalue weighted by molar-refractivity contribution is 5.81. The lowest BCUT2D eigenvalue weighted by Crippen LogP contribution is -2.46. The van der Waals surface area contributed by atoms with Crippen molar-refractivity contribution < 1.29 is 9.52 Å². The van der Waals surface area contributed by atoms with Crippen LogP contribution in [0.3, 0.4) is 0 Å². The van der Waals surface area contributed by atoms with Crippen molar-refractivity contribution in [3.8, 4) is 5.75 Å². The van der Waals surface area contributed by atoms with Gasteiger partial charge in [-0.3, -0.25) is 9.69 Å². The molecule has 3 aromatic rings. The number of rotatable bonds is 2. The fourth-order valence-corrected chi connectivity index (χ4v) is 4.72. The van der Waals surface area contributed by atoms with E-state index < -0.39 is 5.63 Å². The van der Waals surface area contributed by atoms with E-state index in [2.05, 4.69) is 11.0 Å². The Balaban J connectivity index is 1.48. The summed E-state index contributed by atoms with van der Waals surface area (Å²) in [5, 5.41) is 10.5. The minimum atomic E-state index is -0.405. The van der Waals surface area contributed by atoms with E-state index in [4.69, 9.17) is 4.42 Å². The maximum Gasteiger partial charge on any atom is 0.336 e. The first-order valence-corrected chi connectivity index (χ1v) is 9.25. The molecule has 1 aromatic carbocycles. The lowest BCUT2D eigenvalue weighted by Gasteiger charge is -2.42. The van der Waals surface area contributed by atoms with Gasteiger partial charge in [0.1, 0.15) is 11.3 Å². The van der Waals surface area contributed by atoms with Crippen LogP contribution in [0.15, 0.2) is 56.5 Å². The van der Waals surface area contributed by atoms with Crippen molar-refractivity contribution in [1.82, 2.24) is 9.47 Å². The SMILES string of the molecule is O=c1cc(CN2C[C@H]3C[C@@H](C2)c2cccc(=O)n2C3)c2ccc(O)cc2o1. The van der Waals surface area contributed by atoms with E-state index in [0.717, 1.165) is 42.7 Å². The highest BCUT2D eigenvalue weighted by Gasteiger charge is 2.34. The molecule has 0 spiro atoms. The van der Waals surface area contributed by atoms with Gasteiger partial charge in [-0.1, -0.05) is 6.07 Å². The summed E-state index contributed by atoms with van der Waals surface area (Å²) in [6.45, 7) is 3.17. The summed E-state index contributed by atoms with van der Waals surface area (Å²) in [6.07, 6.45) is 1.10. The van der Waals surface area contributed by atoms with Gasteiger partial charge in [-0.2, -0.15) is 0 Å². The van der Waals surface area contributed by atoms with Crippen molar-refractivity contribution in [2.75, 3.05) is 13.1 Å². The molecule has 1 N–H and O–H groups in total. The lowest BCUT2D eigenvalue weighted by molar-refractivity contribution is 0.114. The zero-order valence-electron chi connectivity index (χ0n) is 14.8. The Morgan fingerprint density at radius 1 is 1.07 bits per heavy atom. The molecule has 0 radical (unpaired) electrons. The van der Waals surface area contributed by atoms with Crippen LogP contribution in [-0.4, -0.2) is 27.7 Å². The molecule has 2 aliphatic heterocycles. The average molecular weight is 364 g/mol. The highest BCUT2D eigenvalue weighted by Crippen LogP contribution is 2.36. The molecule has 0 unspecified atom stereocenters. The van der Waals surface area contributed by atoms with Crippen LogP contribution in [0.1, 0.15) is 23.6 Å². The maximum atomic E-state index is 12.2. The Kier molecular flexibility index (Phi) is 3.68. The number of fused-ring (bicyclic) bond motifs is 5. The molecule has 27 heavy (non-hydrogen) atoms. The van der Waals surface area contributed by atoms with Gasteiger partial charge in [0.05, 0.1) is 0 Å². The first kappa shape index (κ1) is 16.3. The number of piperidine rings is 1. The van der Waals surface area contributed by atoms with Gasteiger partial charge in [0.25, 0.3) is 5.56 Å². The van der Waals surface area contributed by atoms with Crippen molar-refractivity contribution in [2.45, 2.75) is 25.4 Å². The maximum absolute atomic E-state index is 12.2. The summed E-state index contributed by atoms with van der Waals surface area (Å²) in [7, 11) is 0. The molecule has 138 valence electrons. The summed E-state index contributed by atoms with van der Waals surface area (Å²) in [6, 6.07) is 12.0. The van der Waals surface area contributed by atoms with Gasteiger partial charge < -0.3 is 14.1 Å². The molecule has 5 rings (SSSR count). The van der Waals surface area contributed by atoms with Crippen LogP contribution in [0.2, 0.25) is 0 Å². The largest absolute Gasteiger partial charge is 0.508 e. The third kappa shape index (κ3) is 2.86. The fraction of sp³-hybridized carbons (Fsp3) is 0.333. The molecule has 2 bridgehead atoms. The zero-order chi connectivity index (χ0) is 18.5. The molecular weight excluding hydrogens is 344 g/mol. The van der Waals surface area contributed by atoms with Crippen LogP contribution < -0.4 is 11.2 Å². The van der Waals surface area contributed by atoms with Crippen LogP contribution in [0, 0.1) is 5.92 Å². The summed E-state index contributed by atoms with van der Waals surface area (Å²) < 4.78 is 7.16. The number of phenols is 1. The van der Waals surface area contributed by atoms with Crippen molar-refractivity contribution in [2.24, 2.45) is 5.92 Å². The lowest BCUT2D eigenvalue weighted by atomic mass is 9.83. The number of likely N-dealkylation sites (tertiary alicyclic amines) is 1. The minimum absolute atomic E-state index is 0.0809. The molecule has 2 aliphatic rings. The smallest absolute Gasteiger partial charge is 0.336 e. The van der Waals surface area contributed by atoms with Gasteiger partial charge in [0.15, 0.2) is 0 Å². The molecule has 1 saturated heterocycles. The topological polar surface area (TPSA) is 75.7 Å². The molecule has 1 fully saturated rings. The van der Waals surface area contributed by atoms with Crippen molar-refractivity contribution in [3.63, 3.8) is 0 Å². The number of hydrogen-bond acceptors (Lipinski definition) is 5. The molecule has 6 nitrogen and oxygen atoms in total. The quantitative estimate of drug-likeness (QED) is 0.706. The van der Waals surface area contributed by atoms with Gasteiger partial charge in [-0.15, -0.1) is 0 Å². The van der Waals surface area contributed by atoms with Crippen LogP contribution >= 0.6 is 0 Å².